The van der Waals surface area contributed by atoms with Crippen molar-refractivity contribution >= 4 is 23.1 Å². The highest BCUT2D eigenvalue weighted by Crippen LogP contribution is 2.24. The SMILES string of the molecule is CC(C)=Cc1cn(C(=O)OC(C)(C)C)c2ccccc12. The molecule has 20 heavy (non-hydrogen) atoms. The van der Waals surface area contributed by atoms with Crippen LogP contribution in [0.3, 0.4) is 0 Å². The Kier molecular flexibility index (Phi) is 3.71. The number of hydrogen-bond donors (Lipinski definition) is 0. The Bertz CT molecular complexity index is 668. The molecule has 0 fully saturated rings. The lowest BCUT2D eigenvalue weighted by molar-refractivity contribution is 0.0544. The molecule has 0 amide bonds. The van der Waals surface area contributed by atoms with E-state index in [1.54, 1.807) is 4.57 Å². The van der Waals surface area contributed by atoms with Crippen LogP contribution in [0.4, 0.5) is 4.79 Å². The molecule has 3 heteroatoms. The summed E-state index contributed by atoms with van der Waals surface area (Å²) in [5.41, 5.74) is 2.59. The Balaban J connectivity index is 2.54. The molecule has 0 N–H and O–H groups in total. The fourth-order valence-electron chi connectivity index (χ4n) is 2.09. The molecule has 2 rings (SSSR count). The highest BCUT2D eigenvalue weighted by atomic mass is 16.6. The molecule has 0 aliphatic heterocycles. The van der Waals surface area contributed by atoms with E-state index in [-0.39, 0.29) is 6.09 Å². The van der Waals surface area contributed by atoms with Crippen molar-refractivity contribution in [3.63, 3.8) is 0 Å². The number of aromatic nitrogens is 1. The standard InChI is InChI=1S/C17H21NO2/c1-12(2)10-13-11-18(16(19)20-17(3,4)5)15-9-7-6-8-14(13)15/h6-11H,1-5H3. The zero-order valence-corrected chi connectivity index (χ0v) is 12.7. The molecule has 0 aliphatic carbocycles. The smallest absolute Gasteiger partial charge is 0.419 e. The van der Waals surface area contributed by atoms with Crippen molar-refractivity contribution < 1.29 is 9.53 Å². The summed E-state index contributed by atoms with van der Waals surface area (Å²) in [6.45, 7) is 9.69. The number of carbonyl (C=O) groups excluding carboxylic acids is 1. The zero-order valence-electron chi connectivity index (χ0n) is 12.7. The highest BCUT2D eigenvalue weighted by molar-refractivity contribution is 5.95. The number of rotatable bonds is 1. The van der Waals surface area contributed by atoms with Crippen LogP contribution in [0.5, 0.6) is 0 Å². The number of fused-ring (bicyclic) bond motifs is 1. The first kappa shape index (κ1) is 14.4. The molecular weight excluding hydrogens is 250 g/mol. The van der Waals surface area contributed by atoms with Crippen LogP contribution < -0.4 is 0 Å². The summed E-state index contributed by atoms with van der Waals surface area (Å²) in [6, 6.07) is 7.85. The van der Waals surface area contributed by atoms with E-state index in [0.717, 1.165) is 16.5 Å². The van der Waals surface area contributed by atoms with Gasteiger partial charge in [-0.1, -0.05) is 29.8 Å². The Morgan fingerprint density at radius 2 is 1.85 bits per heavy atom. The topological polar surface area (TPSA) is 31.2 Å². The zero-order chi connectivity index (χ0) is 14.9. The normalized spacial score (nSPS) is 11.4. The van der Waals surface area contributed by atoms with E-state index < -0.39 is 5.60 Å². The number of ether oxygens (including phenoxy) is 1. The van der Waals surface area contributed by atoms with Gasteiger partial charge in [-0.05, 0) is 40.7 Å². The van der Waals surface area contributed by atoms with E-state index in [1.807, 2.05) is 65.1 Å². The molecule has 3 nitrogen and oxygen atoms in total. The predicted octanol–water partition coefficient (Wildman–Crippen LogP) is 4.85. The number of benzene rings is 1. The second-order valence-corrected chi connectivity index (χ2v) is 6.17. The van der Waals surface area contributed by atoms with Gasteiger partial charge in [0.25, 0.3) is 0 Å². The van der Waals surface area contributed by atoms with Crippen molar-refractivity contribution in [3.05, 3.63) is 41.6 Å². The van der Waals surface area contributed by atoms with Crippen molar-refractivity contribution in [2.75, 3.05) is 0 Å². The first-order valence-corrected chi connectivity index (χ1v) is 6.76. The van der Waals surface area contributed by atoms with E-state index in [9.17, 15) is 4.79 Å². The van der Waals surface area contributed by atoms with Crippen molar-refractivity contribution in [1.82, 2.24) is 4.57 Å². The van der Waals surface area contributed by atoms with Gasteiger partial charge in [-0.15, -0.1) is 0 Å². The average molecular weight is 271 g/mol. The maximum atomic E-state index is 12.3. The van der Waals surface area contributed by atoms with E-state index in [0.29, 0.717) is 0 Å². The summed E-state index contributed by atoms with van der Waals surface area (Å²) in [5.74, 6) is 0. The highest BCUT2D eigenvalue weighted by Gasteiger charge is 2.20. The Morgan fingerprint density at radius 1 is 1.20 bits per heavy atom. The minimum atomic E-state index is -0.501. The molecule has 0 aliphatic rings. The first-order chi connectivity index (χ1) is 9.28. The van der Waals surface area contributed by atoms with Gasteiger partial charge in [0.1, 0.15) is 5.60 Å². The van der Waals surface area contributed by atoms with Gasteiger partial charge >= 0.3 is 6.09 Å². The van der Waals surface area contributed by atoms with Crippen LogP contribution >= 0.6 is 0 Å². The Morgan fingerprint density at radius 3 is 2.45 bits per heavy atom. The van der Waals surface area contributed by atoms with E-state index in [2.05, 4.69) is 6.08 Å². The van der Waals surface area contributed by atoms with Crippen molar-refractivity contribution in [2.45, 2.75) is 40.2 Å². The van der Waals surface area contributed by atoms with Crippen LogP contribution in [0.1, 0.15) is 40.2 Å². The third-order valence-corrected chi connectivity index (χ3v) is 2.78. The fourth-order valence-corrected chi connectivity index (χ4v) is 2.09. The van der Waals surface area contributed by atoms with Crippen LogP contribution in [-0.2, 0) is 4.74 Å². The molecule has 0 spiro atoms. The fraction of sp³-hybridized carbons (Fsp3) is 0.353. The molecule has 0 saturated carbocycles. The summed E-state index contributed by atoms with van der Waals surface area (Å²) >= 11 is 0. The molecule has 106 valence electrons. The van der Waals surface area contributed by atoms with E-state index in [4.69, 9.17) is 4.74 Å². The first-order valence-electron chi connectivity index (χ1n) is 6.76. The van der Waals surface area contributed by atoms with Gasteiger partial charge in [0.05, 0.1) is 5.52 Å². The molecule has 2 aromatic rings. The lowest BCUT2D eigenvalue weighted by Gasteiger charge is -2.19. The van der Waals surface area contributed by atoms with Gasteiger partial charge in [-0.2, -0.15) is 0 Å². The monoisotopic (exact) mass is 271 g/mol. The Labute approximate surface area is 119 Å². The Hall–Kier alpha value is -2.03. The number of carbonyl (C=O) groups is 1. The molecule has 0 atom stereocenters. The van der Waals surface area contributed by atoms with Gasteiger partial charge in [0.15, 0.2) is 0 Å². The minimum Gasteiger partial charge on any atom is -0.443 e. The van der Waals surface area contributed by atoms with Crippen LogP contribution in [-0.4, -0.2) is 16.3 Å². The van der Waals surface area contributed by atoms with Crippen molar-refractivity contribution in [1.29, 1.82) is 0 Å². The summed E-state index contributed by atoms with van der Waals surface area (Å²) in [7, 11) is 0. The van der Waals surface area contributed by atoms with Crippen LogP contribution in [0.15, 0.2) is 36.0 Å². The van der Waals surface area contributed by atoms with Crippen LogP contribution in [0.25, 0.3) is 17.0 Å². The third-order valence-electron chi connectivity index (χ3n) is 2.78. The molecule has 1 heterocycles. The molecular formula is C17H21NO2. The lowest BCUT2D eigenvalue weighted by Crippen LogP contribution is -2.26. The maximum Gasteiger partial charge on any atom is 0.419 e. The summed E-state index contributed by atoms with van der Waals surface area (Å²) < 4.78 is 7.03. The number of para-hydroxylation sites is 1. The van der Waals surface area contributed by atoms with Gasteiger partial charge in [-0.3, -0.25) is 4.57 Å². The van der Waals surface area contributed by atoms with Crippen LogP contribution in [0.2, 0.25) is 0 Å². The van der Waals surface area contributed by atoms with Gasteiger partial charge in [0, 0.05) is 17.1 Å². The van der Waals surface area contributed by atoms with Gasteiger partial charge in [-0.25, -0.2) is 4.79 Å². The van der Waals surface area contributed by atoms with Crippen molar-refractivity contribution in [2.24, 2.45) is 0 Å². The molecule has 0 radical (unpaired) electrons. The molecule has 1 aromatic heterocycles. The molecule has 0 bridgehead atoms. The quantitative estimate of drug-likeness (QED) is 0.742. The number of nitrogens with zero attached hydrogens (tertiary/aromatic N) is 1. The molecule has 0 saturated heterocycles. The predicted molar refractivity (Wildman–Crippen MR) is 82.9 cm³/mol. The van der Waals surface area contributed by atoms with Gasteiger partial charge in [0.2, 0.25) is 0 Å². The summed E-state index contributed by atoms with van der Waals surface area (Å²) in [6.07, 6.45) is 3.57. The third kappa shape index (κ3) is 3.10. The summed E-state index contributed by atoms with van der Waals surface area (Å²) in [4.78, 5) is 12.3. The van der Waals surface area contributed by atoms with E-state index in [1.165, 1.54) is 5.57 Å². The lowest BCUT2D eigenvalue weighted by atomic mass is 10.1. The second-order valence-electron chi connectivity index (χ2n) is 6.17. The number of allylic oxidation sites excluding steroid dienone is 1. The minimum absolute atomic E-state index is 0.345. The number of hydrogen-bond acceptors (Lipinski definition) is 2. The largest absolute Gasteiger partial charge is 0.443 e. The maximum absolute atomic E-state index is 12.3. The molecule has 1 aromatic carbocycles. The summed E-state index contributed by atoms with van der Waals surface area (Å²) in [5, 5.41) is 1.06. The van der Waals surface area contributed by atoms with Gasteiger partial charge < -0.3 is 4.74 Å². The molecule has 0 unspecified atom stereocenters. The average Bonchev–Trinajstić information content (AvgIpc) is 2.66. The van der Waals surface area contributed by atoms with Crippen LogP contribution in [0, 0.1) is 0 Å². The van der Waals surface area contributed by atoms with Crippen molar-refractivity contribution in [3.8, 4) is 0 Å². The van der Waals surface area contributed by atoms with E-state index >= 15 is 0 Å². The second kappa shape index (κ2) is 5.16.